The first-order valence-corrected chi connectivity index (χ1v) is 9.52. The molecule has 0 spiro atoms. The lowest BCUT2D eigenvalue weighted by molar-refractivity contribution is 0.102. The second kappa shape index (κ2) is 8.88. The number of para-hydroxylation sites is 1. The number of amides is 1. The van der Waals surface area contributed by atoms with Gasteiger partial charge in [-0.1, -0.05) is 54.6 Å². The third-order valence-corrected chi connectivity index (χ3v) is 4.63. The summed E-state index contributed by atoms with van der Waals surface area (Å²) in [6, 6.07) is 31.5. The van der Waals surface area contributed by atoms with Gasteiger partial charge in [-0.3, -0.25) is 9.59 Å². The molecule has 0 aliphatic carbocycles. The topological polar surface area (TPSA) is 55.4 Å². The van der Waals surface area contributed by atoms with Gasteiger partial charge >= 0.3 is 0 Å². The fraction of sp³-hybridized carbons (Fsp3) is 0. The van der Waals surface area contributed by atoms with Crippen LogP contribution in [0.1, 0.15) is 20.7 Å². The zero-order valence-electron chi connectivity index (χ0n) is 16.1. The molecule has 30 heavy (non-hydrogen) atoms. The first kappa shape index (κ1) is 19.2. The first-order valence-electron chi connectivity index (χ1n) is 9.52. The molecule has 0 saturated carbocycles. The molecule has 4 nitrogen and oxygen atoms in total. The Morgan fingerprint density at radius 2 is 1.30 bits per heavy atom. The number of rotatable bonds is 6. The van der Waals surface area contributed by atoms with Crippen LogP contribution in [-0.4, -0.2) is 12.2 Å². The van der Waals surface area contributed by atoms with E-state index in [1.165, 1.54) is 0 Å². The molecule has 4 heteroatoms. The normalized spacial score (nSPS) is 10.3. The minimum absolute atomic E-state index is 0.262. The van der Waals surface area contributed by atoms with E-state index in [2.05, 4.69) is 5.32 Å². The fourth-order valence-electron chi connectivity index (χ4n) is 3.07. The largest absolute Gasteiger partial charge is 0.457 e. The van der Waals surface area contributed by atoms with Crippen LogP contribution in [0.25, 0.3) is 11.1 Å². The standard InChI is InChI=1S/C26H19NO3/c28-18-22-12-11-21(17-25(22)27-26(29)20-7-3-1-4-8-20)19-13-15-24(16-14-19)30-23-9-5-2-6-10-23/h1-18H,(H,27,29). The smallest absolute Gasteiger partial charge is 0.255 e. The van der Waals surface area contributed by atoms with Gasteiger partial charge in [-0.2, -0.15) is 0 Å². The maximum absolute atomic E-state index is 12.5. The molecule has 0 saturated heterocycles. The van der Waals surface area contributed by atoms with Crippen LogP contribution in [0.4, 0.5) is 5.69 Å². The van der Waals surface area contributed by atoms with Crippen molar-refractivity contribution in [3.8, 4) is 22.6 Å². The number of carbonyl (C=O) groups excluding carboxylic acids is 2. The Bertz CT molecular complexity index is 1150. The van der Waals surface area contributed by atoms with Crippen LogP contribution in [0.15, 0.2) is 103 Å². The number of ether oxygens (including phenoxy) is 1. The van der Waals surface area contributed by atoms with Crippen molar-refractivity contribution in [1.82, 2.24) is 0 Å². The third kappa shape index (κ3) is 4.45. The molecule has 146 valence electrons. The van der Waals surface area contributed by atoms with Crippen LogP contribution in [-0.2, 0) is 0 Å². The summed E-state index contributed by atoms with van der Waals surface area (Å²) in [6.07, 6.45) is 0.737. The average Bonchev–Trinajstić information content (AvgIpc) is 2.81. The van der Waals surface area contributed by atoms with Crippen LogP contribution in [0.3, 0.4) is 0 Å². The van der Waals surface area contributed by atoms with Crippen LogP contribution >= 0.6 is 0 Å². The Kier molecular flexibility index (Phi) is 5.67. The maximum atomic E-state index is 12.5. The van der Waals surface area contributed by atoms with Crippen molar-refractivity contribution in [2.75, 3.05) is 5.32 Å². The molecular weight excluding hydrogens is 374 g/mol. The summed E-state index contributed by atoms with van der Waals surface area (Å²) in [5, 5.41) is 2.84. The highest BCUT2D eigenvalue weighted by molar-refractivity contribution is 6.06. The van der Waals surface area contributed by atoms with Gasteiger partial charge in [-0.15, -0.1) is 0 Å². The van der Waals surface area contributed by atoms with Crippen molar-refractivity contribution < 1.29 is 14.3 Å². The zero-order chi connectivity index (χ0) is 20.8. The number of hydrogen-bond acceptors (Lipinski definition) is 3. The molecule has 1 N–H and O–H groups in total. The molecular formula is C26H19NO3. The molecule has 0 radical (unpaired) electrons. The minimum Gasteiger partial charge on any atom is -0.457 e. The van der Waals surface area contributed by atoms with Crippen molar-refractivity contribution >= 4 is 17.9 Å². The van der Waals surface area contributed by atoms with E-state index in [9.17, 15) is 9.59 Å². The highest BCUT2D eigenvalue weighted by Gasteiger charge is 2.10. The zero-order valence-corrected chi connectivity index (χ0v) is 16.1. The number of hydrogen-bond donors (Lipinski definition) is 1. The molecule has 4 aromatic rings. The van der Waals surface area contributed by atoms with Gasteiger partial charge < -0.3 is 10.1 Å². The monoisotopic (exact) mass is 393 g/mol. The van der Waals surface area contributed by atoms with E-state index in [0.29, 0.717) is 16.8 Å². The number of benzene rings is 4. The van der Waals surface area contributed by atoms with Gasteiger partial charge in [0, 0.05) is 11.1 Å². The molecule has 0 aliphatic heterocycles. The van der Waals surface area contributed by atoms with E-state index in [1.54, 1.807) is 36.4 Å². The molecule has 0 aliphatic rings. The van der Waals surface area contributed by atoms with Crippen LogP contribution in [0.2, 0.25) is 0 Å². The van der Waals surface area contributed by atoms with Crippen molar-refractivity contribution in [3.63, 3.8) is 0 Å². The SMILES string of the molecule is O=Cc1ccc(-c2ccc(Oc3ccccc3)cc2)cc1NC(=O)c1ccccc1. The van der Waals surface area contributed by atoms with Crippen LogP contribution < -0.4 is 10.1 Å². The Morgan fingerprint density at radius 1 is 0.700 bits per heavy atom. The van der Waals surface area contributed by atoms with Gasteiger partial charge in [-0.25, -0.2) is 0 Å². The lowest BCUT2D eigenvalue weighted by atomic mass is 10.0. The van der Waals surface area contributed by atoms with Gasteiger partial charge in [0.1, 0.15) is 11.5 Å². The van der Waals surface area contributed by atoms with Gasteiger partial charge in [0.25, 0.3) is 5.91 Å². The molecule has 0 bridgehead atoms. The molecule has 0 fully saturated rings. The molecule has 0 aromatic heterocycles. The maximum Gasteiger partial charge on any atom is 0.255 e. The van der Waals surface area contributed by atoms with Crippen molar-refractivity contribution in [1.29, 1.82) is 0 Å². The van der Waals surface area contributed by atoms with E-state index in [1.807, 2.05) is 66.7 Å². The second-order valence-electron chi connectivity index (χ2n) is 6.68. The summed E-state index contributed by atoms with van der Waals surface area (Å²) in [5.41, 5.74) is 3.26. The highest BCUT2D eigenvalue weighted by Crippen LogP contribution is 2.28. The van der Waals surface area contributed by atoms with Crippen molar-refractivity contribution in [2.24, 2.45) is 0 Å². The fourth-order valence-corrected chi connectivity index (χ4v) is 3.07. The van der Waals surface area contributed by atoms with Gasteiger partial charge in [0.2, 0.25) is 0 Å². The van der Waals surface area contributed by atoms with E-state index in [4.69, 9.17) is 4.74 Å². The summed E-state index contributed by atoms with van der Waals surface area (Å²) in [5.74, 6) is 1.24. The second-order valence-corrected chi connectivity index (χ2v) is 6.68. The Balaban J connectivity index is 1.56. The van der Waals surface area contributed by atoms with Crippen molar-refractivity contribution in [3.05, 3.63) is 114 Å². The van der Waals surface area contributed by atoms with E-state index >= 15 is 0 Å². The molecule has 0 unspecified atom stereocenters. The summed E-state index contributed by atoms with van der Waals surface area (Å²) in [6.45, 7) is 0. The Morgan fingerprint density at radius 3 is 1.97 bits per heavy atom. The van der Waals surface area contributed by atoms with Crippen molar-refractivity contribution in [2.45, 2.75) is 0 Å². The van der Waals surface area contributed by atoms with E-state index in [-0.39, 0.29) is 5.91 Å². The quantitative estimate of drug-likeness (QED) is 0.396. The lowest BCUT2D eigenvalue weighted by Crippen LogP contribution is -2.13. The first-order chi connectivity index (χ1) is 14.7. The van der Waals surface area contributed by atoms with E-state index in [0.717, 1.165) is 28.9 Å². The Hall–Kier alpha value is -4.18. The number of aldehydes is 1. The molecule has 4 aromatic carbocycles. The summed E-state index contributed by atoms with van der Waals surface area (Å²) < 4.78 is 5.83. The highest BCUT2D eigenvalue weighted by atomic mass is 16.5. The number of nitrogens with one attached hydrogen (secondary N) is 1. The lowest BCUT2D eigenvalue weighted by Gasteiger charge is -2.11. The minimum atomic E-state index is -0.262. The molecule has 0 heterocycles. The molecule has 4 rings (SSSR count). The van der Waals surface area contributed by atoms with Gasteiger partial charge in [0.15, 0.2) is 6.29 Å². The van der Waals surface area contributed by atoms with Gasteiger partial charge in [0.05, 0.1) is 5.69 Å². The summed E-state index contributed by atoms with van der Waals surface area (Å²) >= 11 is 0. The molecule has 0 atom stereocenters. The Labute approximate surface area is 174 Å². The van der Waals surface area contributed by atoms with E-state index < -0.39 is 0 Å². The van der Waals surface area contributed by atoms with Crippen LogP contribution in [0.5, 0.6) is 11.5 Å². The number of anilines is 1. The predicted molar refractivity (Wildman–Crippen MR) is 118 cm³/mol. The number of carbonyl (C=O) groups is 2. The third-order valence-electron chi connectivity index (χ3n) is 4.63. The van der Waals surface area contributed by atoms with Gasteiger partial charge in [-0.05, 0) is 59.7 Å². The molecule has 1 amide bonds. The predicted octanol–water partition coefficient (Wildman–Crippen LogP) is 6.21. The average molecular weight is 393 g/mol. The van der Waals surface area contributed by atoms with Crippen LogP contribution in [0, 0.1) is 0 Å². The summed E-state index contributed by atoms with van der Waals surface area (Å²) in [4.78, 5) is 23.9. The summed E-state index contributed by atoms with van der Waals surface area (Å²) in [7, 11) is 0.